The van der Waals surface area contributed by atoms with Gasteiger partial charge in [0.1, 0.15) is 5.82 Å². The van der Waals surface area contributed by atoms with E-state index in [0.29, 0.717) is 17.8 Å². The zero-order chi connectivity index (χ0) is 14.7. The quantitative estimate of drug-likeness (QED) is 0.895. The average Bonchev–Trinajstić information content (AvgIpc) is 2.41. The molecule has 106 valence electrons. The normalized spacial score (nSPS) is 12.2. The van der Waals surface area contributed by atoms with E-state index >= 15 is 0 Å². The van der Waals surface area contributed by atoms with E-state index in [4.69, 9.17) is 0 Å². The monoisotopic (exact) mass is 273 g/mol. The molecule has 0 radical (unpaired) electrons. The minimum Gasteiger partial charge on any atom is -0.389 e. The molecule has 3 heteroatoms. The largest absolute Gasteiger partial charge is 0.389 e. The number of aryl methyl sites for hydroxylation is 1. The Bertz CT molecular complexity index is 595. The van der Waals surface area contributed by atoms with Crippen molar-refractivity contribution < 1.29 is 9.50 Å². The van der Waals surface area contributed by atoms with E-state index in [2.05, 4.69) is 0 Å². The van der Waals surface area contributed by atoms with Gasteiger partial charge in [-0.1, -0.05) is 24.3 Å². The number of nitrogens with zero attached hydrogens (tertiary/aromatic N) is 1. The van der Waals surface area contributed by atoms with Gasteiger partial charge in [-0.25, -0.2) is 4.39 Å². The molecule has 2 aromatic carbocycles. The number of benzene rings is 2. The Morgan fingerprint density at radius 3 is 2.50 bits per heavy atom. The van der Waals surface area contributed by atoms with Gasteiger partial charge < -0.3 is 10.0 Å². The lowest BCUT2D eigenvalue weighted by Gasteiger charge is -2.27. The number of hydrogen-bond acceptors (Lipinski definition) is 2. The van der Waals surface area contributed by atoms with E-state index in [0.717, 1.165) is 11.3 Å². The van der Waals surface area contributed by atoms with Crippen molar-refractivity contribution in [2.75, 3.05) is 11.4 Å². The molecule has 0 aromatic heterocycles. The molecule has 0 unspecified atom stereocenters. The van der Waals surface area contributed by atoms with Crippen LogP contribution in [0.3, 0.4) is 0 Å². The number of para-hydroxylation sites is 1. The first-order valence-electron chi connectivity index (χ1n) is 6.85. The van der Waals surface area contributed by atoms with Gasteiger partial charge >= 0.3 is 0 Å². The van der Waals surface area contributed by atoms with Crippen LogP contribution < -0.4 is 4.90 Å². The van der Waals surface area contributed by atoms with Gasteiger partial charge in [0.05, 0.1) is 11.8 Å². The zero-order valence-corrected chi connectivity index (χ0v) is 12.1. The van der Waals surface area contributed by atoms with E-state index < -0.39 is 6.10 Å². The highest BCUT2D eigenvalue weighted by molar-refractivity contribution is 5.68. The van der Waals surface area contributed by atoms with Gasteiger partial charge in [-0.2, -0.15) is 0 Å². The van der Waals surface area contributed by atoms with E-state index in [1.54, 1.807) is 19.1 Å². The maximum Gasteiger partial charge on any atom is 0.147 e. The summed E-state index contributed by atoms with van der Waals surface area (Å²) >= 11 is 0. The molecule has 2 nitrogen and oxygen atoms in total. The molecule has 0 aliphatic rings. The van der Waals surface area contributed by atoms with Crippen molar-refractivity contribution in [3.05, 3.63) is 59.4 Å². The Kier molecular flexibility index (Phi) is 4.40. The fraction of sp³-hybridized carbons (Fsp3) is 0.294. The number of aliphatic hydroxyl groups excluding tert-OH is 1. The molecule has 1 N–H and O–H groups in total. The Hall–Kier alpha value is -1.87. The van der Waals surface area contributed by atoms with Gasteiger partial charge in [0, 0.05) is 17.8 Å². The van der Waals surface area contributed by atoms with Crippen molar-refractivity contribution in [1.29, 1.82) is 0 Å². The molecule has 0 amide bonds. The summed E-state index contributed by atoms with van der Waals surface area (Å²) in [6.45, 7) is 6.27. The number of anilines is 2. The minimum atomic E-state index is -0.709. The van der Waals surface area contributed by atoms with Crippen LogP contribution in [0.1, 0.15) is 31.1 Å². The van der Waals surface area contributed by atoms with Crippen LogP contribution in [0.5, 0.6) is 0 Å². The molecule has 0 bridgehead atoms. The van der Waals surface area contributed by atoms with E-state index in [1.807, 2.05) is 43.0 Å². The number of hydrogen-bond donors (Lipinski definition) is 1. The predicted octanol–water partition coefficient (Wildman–Crippen LogP) is 4.35. The van der Waals surface area contributed by atoms with Crippen LogP contribution in [0.25, 0.3) is 0 Å². The molecule has 0 spiro atoms. The maximum absolute atomic E-state index is 14.3. The van der Waals surface area contributed by atoms with Gasteiger partial charge in [0.25, 0.3) is 0 Å². The van der Waals surface area contributed by atoms with Crippen molar-refractivity contribution in [3.63, 3.8) is 0 Å². The fourth-order valence-electron chi connectivity index (χ4n) is 2.42. The predicted molar refractivity (Wildman–Crippen MR) is 80.9 cm³/mol. The Labute approximate surface area is 119 Å². The van der Waals surface area contributed by atoms with Crippen LogP contribution in [0.4, 0.5) is 15.8 Å². The number of aliphatic hydroxyl groups is 1. The Morgan fingerprint density at radius 2 is 1.90 bits per heavy atom. The molecule has 0 saturated carbocycles. The van der Waals surface area contributed by atoms with Crippen molar-refractivity contribution in [2.24, 2.45) is 0 Å². The van der Waals surface area contributed by atoms with Crippen LogP contribution >= 0.6 is 0 Å². The van der Waals surface area contributed by atoms with Crippen molar-refractivity contribution in [2.45, 2.75) is 26.9 Å². The molecule has 2 rings (SSSR count). The first-order chi connectivity index (χ1) is 9.54. The second kappa shape index (κ2) is 6.06. The summed E-state index contributed by atoms with van der Waals surface area (Å²) in [7, 11) is 0. The van der Waals surface area contributed by atoms with E-state index in [1.165, 1.54) is 6.07 Å². The summed E-state index contributed by atoms with van der Waals surface area (Å²) in [5.41, 5.74) is 3.11. The highest BCUT2D eigenvalue weighted by Crippen LogP contribution is 2.34. The first-order valence-corrected chi connectivity index (χ1v) is 6.85. The van der Waals surface area contributed by atoms with Crippen molar-refractivity contribution in [1.82, 2.24) is 0 Å². The summed E-state index contributed by atoms with van der Waals surface area (Å²) in [5.74, 6) is -0.313. The summed E-state index contributed by atoms with van der Waals surface area (Å²) in [5, 5.41) is 9.88. The lowest BCUT2D eigenvalue weighted by atomic mass is 10.1. The molecular formula is C17H20FNO. The van der Waals surface area contributed by atoms with Gasteiger partial charge in [-0.15, -0.1) is 0 Å². The van der Waals surface area contributed by atoms with Gasteiger partial charge in [-0.3, -0.25) is 0 Å². The van der Waals surface area contributed by atoms with Gasteiger partial charge in [0.2, 0.25) is 0 Å². The molecule has 0 heterocycles. The fourth-order valence-corrected chi connectivity index (χ4v) is 2.42. The van der Waals surface area contributed by atoms with E-state index in [-0.39, 0.29) is 5.82 Å². The van der Waals surface area contributed by atoms with Gasteiger partial charge in [0.15, 0.2) is 0 Å². The molecular weight excluding hydrogens is 253 g/mol. The number of halogens is 1. The Morgan fingerprint density at radius 1 is 1.20 bits per heavy atom. The third kappa shape index (κ3) is 2.83. The third-order valence-corrected chi connectivity index (χ3v) is 3.37. The topological polar surface area (TPSA) is 23.5 Å². The summed E-state index contributed by atoms with van der Waals surface area (Å²) < 4.78 is 14.3. The highest BCUT2D eigenvalue weighted by Gasteiger charge is 2.19. The van der Waals surface area contributed by atoms with Crippen LogP contribution in [0, 0.1) is 12.7 Å². The molecule has 0 saturated heterocycles. The molecule has 0 aliphatic carbocycles. The standard InChI is InChI=1S/C17H20FNO/c1-4-19(14-8-5-7-12(2)11-14)17-15(13(3)20)9-6-10-16(17)18/h5-11,13,20H,4H2,1-3H3/t13-/m0/s1. The van der Waals surface area contributed by atoms with Crippen molar-refractivity contribution >= 4 is 11.4 Å². The van der Waals surface area contributed by atoms with Crippen LogP contribution in [-0.4, -0.2) is 11.7 Å². The smallest absolute Gasteiger partial charge is 0.147 e. The molecule has 20 heavy (non-hydrogen) atoms. The second-order valence-corrected chi connectivity index (χ2v) is 4.94. The lowest BCUT2D eigenvalue weighted by molar-refractivity contribution is 0.199. The van der Waals surface area contributed by atoms with Crippen LogP contribution in [0.15, 0.2) is 42.5 Å². The molecule has 1 atom stereocenters. The summed E-state index contributed by atoms with van der Waals surface area (Å²) in [6.07, 6.45) is -0.709. The minimum absolute atomic E-state index is 0.313. The summed E-state index contributed by atoms with van der Waals surface area (Å²) in [4.78, 5) is 1.89. The summed E-state index contributed by atoms with van der Waals surface area (Å²) in [6, 6.07) is 12.8. The maximum atomic E-state index is 14.3. The highest BCUT2D eigenvalue weighted by atomic mass is 19.1. The van der Waals surface area contributed by atoms with Crippen LogP contribution in [-0.2, 0) is 0 Å². The first kappa shape index (κ1) is 14.5. The molecule has 0 aliphatic heterocycles. The number of rotatable bonds is 4. The second-order valence-electron chi connectivity index (χ2n) is 4.94. The van der Waals surface area contributed by atoms with Crippen LogP contribution in [0.2, 0.25) is 0 Å². The third-order valence-electron chi connectivity index (χ3n) is 3.37. The Balaban J connectivity index is 2.57. The van der Waals surface area contributed by atoms with Crippen molar-refractivity contribution in [3.8, 4) is 0 Å². The zero-order valence-electron chi connectivity index (χ0n) is 12.1. The lowest BCUT2D eigenvalue weighted by Crippen LogP contribution is -2.20. The SMILES string of the molecule is CCN(c1cccc(C)c1)c1c(F)cccc1[C@H](C)O. The van der Waals surface area contributed by atoms with Gasteiger partial charge in [-0.05, 0) is 44.5 Å². The average molecular weight is 273 g/mol. The molecule has 0 fully saturated rings. The van der Waals surface area contributed by atoms with E-state index in [9.17, 15) is 9.50 Å². The molecule has 2 aromatic rings.